The molecule has 0 radical (unpaired) electrons. The van der Waals surface area contributed by atoms with Crippen molar-refractivity contribution >= 4 is 24.1 Å². The van der Waals surface area contributed by atoms with Gasteiger partial charge in [-0.25, -0.2) is 4.39 Å². The summed E-state index contributed by atoms with van der Waals surface area (Å²) in [7, 11) is 0. The number of hydrogen-bond donors (Lipinski definition) is 1. The van der Waals surface area contributed by atoms with Crippen LogP contribution in [0.15, 0.2) is 48.5 Å². The van der Waals surface area contributed by atoms with Crippen LogP contribution in [0.2, 0.25) is 0 Å². The monoisotopic (exact) mass is 418 g/mol. The molecule has 2 aliphatic rings. The van der Waals surface area contributed by atoms with Crippen molar-refractivity contribution in [3.63, 3.8) is 0 Å². The molecule has 2 heterocycles. The summed E-state index contributed by atoms with van der Waals surface area (Å²) in [6.07, 6.45) is 2.60. The number of hydrogen-bond acceptors (Lipinski definition) is 4. The van der Waals surface area contributed by atoms with Gasteiger partial charge in [0.25, 0.3) is 5.91 Å². The number of carbonyl (C=O) groups is 2. The number of para-hydroxylation sites is 1. The van der Waals surface area contributed by atoms with E-state index < -0.39 is 5.72 Å². The zero-order valence-corrected chi connectivity index (χ0v) is 16.8. The molecule has 154 valence electrons. The number of carbonyl (C=O) groups excluding carboxylic acids is 2. The molecule has 0 aliphatic carbocycles. The van der Waals surface area contributed by atoms with Crippen LogP contribution < -0.4 is 10.1 Å². The molecule has 29 heavy (non-hydrogen) atoms. The third kappa shape index (κ3) is 4.77. The van der Waals surface area contributed by atoms with E-state index in [4.69, 9.17) is 4.74 Å². The van der Waals surface area contributed by atoms with E-state index in [0.29, 0.717) is 36.1 Å². The van der Waals surface area contributed by atoms with Gasteiger partial charge in [0.15, 0.2) is 11.5 Å². The Labute approximate surface area is 175 Å². The minimum atomic E-state index is -0.633. The number of ether oxygens (including phenoxy) is 1. The minimum Gasteiger partial charge on any atom is -0.467 e. The molecule has 5 nitrogen and oxygen atoms in total. The maximum Gasteiger partial charge on any atom is 0.258 e. The van der Waals surface area contributed by atoms with Gasteiger partial charge in [0.05, 0.1) is 5.56 Å². The van der Waals surface area contributed by atoms with Crippen LogP contribution in [-0.2, 0) is 0 Å². The van der Waals surface area contributed by atoms with Crippen LogP contribution in [0.1, 0.15) is 46.4 Å². The highest BCUT2D eigenvalue weighted by atomic mass is 35.5. The second-order valence-electron chi connectivity index (χ2n) is 7.42. The summed E-state index contributed by atoms with van der Waals surface area (Å²) in [5, 5.41) is 3.04. The summed E-state index contributed by atoms with van der Waals surface area (Å²) < 4.78 is 19.1. The molecular formula is C22H24ClFN2O3. The lowest BCUT2D eigenvalue weighted by Gasteiger charge is -2.44. The summed E-state index contributed by atoms with van der Waals surface area (Å²) in [5.74, 6) is 0.260. The summed E-state index contributed by atoms with van der Waals surface area (Å²) in [6, 6.07) is 13.0. The molecule has 4 rings (SSSR count). The average Bonchev–Trinajstić information content (AvgIpc) is 2.70. The molecule has 0 aromatic heterocycles. The molecule has 1 amide bonds. The molecule has 1 spiro atoms. The van der Waals surface area contributed by atoms with E-state index in [1.807, 2.05) is 18.2 Å². The van der Waals surface area contributed by atoms with E-state index in [2.05, 4.69) is 10.2 Å². The fraction of sp³-hybridized carbons (Fsp3) is 0.364. The lowest BCUT2D eigenvalue weighted by atomic mass is 9.96. The highest BCUT2D eigenvalue weighted by Gasteiger charge is 2.42. The van der Waals surface area contributed by atoms with Crippen LogP contribution in [0.5, 0.6) is 5.75 Å². The van der Waals surface area contributed by atoms with Crippen molar-refractivity contribution in [2.24, 2.45) is 0 Å². The van der Waals surface area contributed by atoms with E-state index in [1.54, 1.807) is 6.07 Å². The zero-order valence-electron chi connectivity index (χ0n) is 16.0. The second kappa shape index (κ2) is 8.93. The number of ketones is 1. The molecule has 2 aromatic rings. The summed E-state index contributed by atoms with van der Waals surface area (Å²) in [6.45, 7) is 2.41. The highest BCUT2D eigenvalue weighted by Crippen LogP contribution is 2.33. The topological polar surface area (TPSA) is 58.6 Å². The first kappa shape index (κ1) is 21.3. The fourth-order valence-corrected chi connectivity index (χ4v) is 3.86. The number of Topliss-reactive ketones (excluding diaryl/α,β-unsaturated/α-hetero) is 1. The Kier molecular flexibility index (Phi) is 6.55. The first-order chi connectivity index (χ1) is 13.5. The molecule has 0 bridgehead atoms. The normalized spacial score (nSPS) is 17.6. The first-order valence-corrected chi connectivity index (χ1v) is 9.66. The van der Waals surface area contributed by atoms with Crippen molar-refractivity contribution in [1.82, 2.24) is 10.2 Å². The van der Waals surface area contributed by atoms with Gasteiger partial charge >= 0.3 is 0 Å². The maximum absolute atomic E-state index is 12.9. The number of fused-ring (bicyclic) bond motifs is 1. The molecule has 0 atom stereocenters. The zero-order chi connectivity index (χ0) is 19.6. The quantitative estimate of drug-likeness (QED) is 0.750. The maximum atomic E-state index is 12.9. The van der Waals surface area contributed by atoms with E-state index in [1.165, 1.54) is 24.3 Å². The van der Waals surface area contributed by atoms with Gasteiger partial charge in [-0.2, -0.15) is 0 Å². The van der Waals surface area contributed by atoms with Crippen molar-refractivity contribution in [1.29, 1.82) is 0 Å². The third-order valence-electron chi connectivity index (χ3n) is 5.49. The molecule has 0 unspecified atom stereocenters. The molecule has 1 fully saturated rings. The fourth-order valence-electron chi connectivity index (χ4n) is 3.86. The number of piperidine rings is 1. The smallest absolute Gasteiger partial charge is 0.258 e. The number of likely N-dealkylation sites (tertiary alicyclic amines) is 1. The van der Waals surface area contributed by atoms with Gasteiger partial charge in [-0.05, 0) is 49.4 Å². The number of amides is 1. The molecular weight excluding hydrogens is 395 g/mol. The molecule has 2 aromatic carbocycles. The van der Waals surface area contributed by atoms with E-state index in [9.17, 15) is 14.0 Å². The van der Waals surface area contributed by atoms with Crippen LogP contribution >= 0.6 is 12.4 Å². The van der Waals surface area contributed by atoms with Crippen molar-refractivity contribution in [3.05, 3.63) is 65.5 Å². The predicted octanol–water partition coefficient (Wildman–Crippen LogP) is 3.82. The van der Waals surface area contributed by atoms with Gasteiger partial charge in [-0.1, -0.05) is 12.1 Å². The third-order valence-corrected chi connectivity index (χ3v) is 5.49. The molecule has 7 heteroatoms. The number of halogens is 2. The van der Waals surface area contributed by atoms with Crippen LogP contribution in [-0.4, -0.2) is 41.9 Å². The minimum absolute atomic E-state index is 0. The number of nitrogens with one attached hydrogen (secondary N) is 1. The van der Waals surface area contributed by atoms with E-state index in [-0.39, 0.29) is 29.9 Å². The SMILES string of the molecule is Cl.O=C(CCCN1CCC2(CC1)NC(=O)c1ccccc1O2)c1ccc(F)cc1. The van der Waals surface area contributed by atoms with Gasteiger partial charge in [0.1, 0.15) is 11.6 Å². The Morgan fingerprint density at radius 2 is 1.79 bits per heavy atom. The predicted molar refractivity (Wildman–Crippen MR) is 110 cm³/mol. The summed E-state index contributed by atoms with van der Waals surface area (Å²) in [5.41, 5.74) is 0.497. The number of nitrogens with zero attached hydrogens (tertiary/aromatic N) is 1. The van der Waals surface area contributed by atoms with Crippen molar-refractivity contribution < 1.29 is 18.7 Å². The lowest BCUT2D eigenvalue weighted by molar-refractivity contribution is -0.0290. The standard InChI is InChI=1S/C22H23FN2O3.ClH/c23-17-9-7-16(8-10-17)19(26)5-3-13-25-14-11-22(12-15-25)24-21(27)18-4-1-2-6-20(18)28-22;/h1-2,4,6-10H,3,5,11-15H2,(H,24,27);1H. The molecule has 2 aliphatic heterocycles. The van der Waals surface area contributed by atoms with E-state index in [0.717, 1.165) is 26.1 Å². The Morgan fingerprint density at radius 1 is 1.10 bits per heavy atom. The highest BCUT2D eigenvalue weighted by molar-refractivity contribution is 5.98. The van der Waals surface area contributed by atoms with Crippen molar-refractivity contribution in [2.75, 3.05) is 19.6 Å². The average molecular weight is 419 g/mol. The lowest BCUT2D eigenvalue weighted by Crippen LogP contribution is -2.61. The Morgan fingerprint density at radius 3 is 2.52 bits per heavy atom. The first-order valence-electron chi connectivity index (χ1n) is 9.66. The Bertz CT molecular complexity index is 880. The van der Waals surface area contributed by atoms with Gasteiger partial charge in [0.2, 0.25) is 0 Å². The van der Waals surface area contributed by atoms with Crippen LogP contribution in [0, 0.1) is 5.82 Å². The van der Waals surface area contributed by atoms with Crippen LogP contribution in [0.25, 0.3) is 0 Å². The van der Waals surface area contributed by atoms with Gasteiger partial charge in [-0.3, -0.25) is 9.59 Å². The van der Waals surface area contributed by atoms with Crippen LogP contribution in [0.3, 0.4) is 0 Å². The second-order valence-corrected chi connectivity index (χ2v) is 7.42. The van der Waals surface area contributed by atoms with Gasteiger partial charge < -0.3 is 15.0 Å². The van der Waals surface area contributed by atoms with E-state index >= 15 is 0 Å². The van der Waals surface area contributed by atoms with Gasteiger partial charge in [-0.15, -0.1) is 12.4 Å². The van der Waals surface area contributed by atoms with Crippen molar-refractivity contribution in [3.8, 4) is 5.75 Å². The molecule has 0 saturated carbocycles. The van der Waals surface area contributed by atoms with Crippen LogP contribution in [0.4, 0.5) is 4.39 Å². The number of rotatable bonds is 5. The largest absolute Gasteiger partial charge is 0.467 e. The van der Waals surface area contributed by atoms with Crippen molar-refractivity contribution in [2.45, 2.75) is 31.4 Å². The molecule has 1 N–H and O–H groups in total. The molecule has 1 saturated heterocycles. The Balaban J connectivity index is 0.00000240. The summed E-state index contributed by atoms with van der Waals surface area (Å²) >= 11 is 0. The Hall–Kier alpha value is -2.44. The van der Waals surface area contributed by atoms with Gasteiger partial charge in [0, 0.05) is 37.9 Å². The summed E-state index contributed by atoms with van der Waals surface area (Å²) in [4.78, 5) is 26.9. The number of benzene rings is 2.